The van der Waals surface area contributed by atoms with E-state index < -0.39 is 0 Å². The third-order valence-corrected chi connectivity index (χ3v) is 4.70. The maximum atomic E-state index is 10.1. The van der Waals surface area contributed by atoms with Crippen LogP contribution < -0.4 is 10.1 Å². The van der Waals surface area contributed by atoms with Gasteiger partial charge in [0.25, 0.3) is 0 Å². The maximum absolute atomic E-state index is 10.1. The minimum absolute atomic E-state index is 0.478. The van der Waals surface area contributed by atoms with Crippen molar-refractivity contribution in [1.29, 1.82) is 0 Å². The van der Waals surface area contributed by atoms with Gasteiger partial charge in [0, 0.05) is 31.1 Å². The number of fused-ring (bicyclic) bond motifs is 1. The minimum Gasteiger partial charge on any atom is -0.457 e. The fraction of sp³-hybridized carbons (Fsp3) is 0.136. The maximum Gasteiger partial charge on any atom is 0.208 e. The average Bonchev–Trinajstić information content (AvgIpc) is 3.07. The van der Waals surface area contributed by atoms with Gasteiger partial charge >= 0.3 is 0 Å². The molecule has 0 radical (unpaired) electrons. The molecule has 8 nitrogen and oxygen atoms in total. The zero-order valence-electron chi connectivity index (χ0n) is 16.6. The van der Waals surface area contributed by atoms with Crippen molar-refractivity contribution in [2.45, 2.75) is 13.3 Å². The summed E-state index contributed by atoms with van der Waals surface area (Å²) in [6.45, 7) is 2.14. The molecule has 4 rings (SSSR count). The van der Waals surface area contributed by atoms with Crippen LogP contribution in [0.15, 0.2) is 71.2 Å². The van der Waals surface area contributed by atoms with Crippen molar-refractivity contribution in [2.75, 3.05) is 5.32 Å². The van der Waals surface area contributed by atoms with Crippen LogP contribution in [-0.2, 0) is 13.5 Å². The van der Waals surface area contributed by atoms with Crippen LogP contribution in [0.1, 0.15) is 18.2 Å². The first-order chi connectivity index (χ1) is 14.7. The lowest BCUT2D eigenvalue weighted by Gasteiger charge is -2.07. The second-order valence-electron chi connectivity index (χ2n) is 6.67. The van der Waals surface area contributed by atoms with Crippen LogP contribution in [0.4, 0.5) is 11.6 Å². The van der Waals surface area contributed by atoms with Gasteiger partial charge in [0.2, 0.25) is 5.95 Å². The number of anilines is 2. The molecule has 2 aromatic heterocycles. The van der Waals surface area contributed by atoms with E-state index >= 15 is 0 Å². The number of nitroso groups, excluding NO2 is 1. The van der Waals surface area contributed by atoms with Gasteiger partial charge in [-0.2, -0.15) is 0 Å². The molecule has 0 saturated heterocycles. The highest BCUT2D eigenvalue weighted by Crippen LogP contribution is 2.28. The molecular weight excluding hydrogens is 380 g/mol. The number of nitrogens with zero attached hydrogens (tertiary/aromatic N) is 5. The van der Waals surface area contributed by atoms with E-state index in [-0.39, 0.29) is 0 Å². The van der Waals surface area contributed by atoms with Crippen molar-refractivity contribution in [2.24, 2.45) is 17.4 Å². The van der Waals surface area contributed by atoms with E-state index in [2.05, 4.69) is 51.9 Å². The number of pyridine rings is 1. The lowest BCUT2D eigenvalue weighted by Crippen LogP contribution is -1.99. The summed E-state index contributed by atoms with van der Waals surface area (Å²) >= 11 is 0. The van der Waals surface area contributed by atoms with Crippen molar-refractivity contribution < 1.29 is 4.74 Å². The lowest BCUT2D eigenvalue weighted by atomic mass is 10.1. The standard InChI is InChI=1S/C22H20N6O2/c1-3-15-4-6-16(7-5-15)25-22-26-20-13-18(8-9-21(20)28(22)2)30-19-10-11-23-17(12-19)14-24-27-29/h4-14H,3H2,1-2H3,(H,25,26)/b24-14-. The molecule has 2 heterocycles. The third kappa shape index (κ3) is 4.17. The van der Waals surface area contributed by atoms with E-state index in [0.717, 1.165) is 29.1 Å². The van der Waals surface area contributed by atoms with E-state index in [1.165, 1.54) is 11.8 Å². The number of hydrogen-bond acceptors (Lipinski definition) is 6. The first-order valence-corrected chi connectivity index (χ1v) is 9.48. The molecule has 0 amide bonds. The largest absolute Gasteiger partial charge is 0.457 e. The summed E-state index contributed by atoms with van der Waals surface area (Å²) in [5, 5.41) is 9.11. The Bertz CT molecular complexity index is 1210. The summed E-state index contributed by atoms with van der Waals surface area (Å²) in [6.07, 6.45) is 3.86. The predicted molar refractivity (Wildman–Crippen MR) is 118 cm³/mol. The van der Waals surface area contributed by atoms with E-state index in [9.17, 15) is 4.91 Å². The van der Waals surface area contributed by atoms with Gasteiger partial charge in [-0.05, 0) is 42.3 Å². The van der Waals surface area contributed by atoms with Crippen LogP contribution in [0.5, 0.6) is 11.5 Å². The molecule has 4 aromatic rings. The first-order valence-electron chi connectivity index (χ1n) is 9.48. The number of imidazole rings is 1. The fourth-order valence-electron chi connectivity index (χ4n) is 3.09. The molecule has 0 saturated carbocycles. The summed E-state index contributed by atoms with van der Waals surface area (Å²) in [7, 11) is 1.97. The van der Waals surface area contributed by atoms with Crippen LogP contribution in [0.2, 0.25) is 0 Å². The van der Waals surface area contributed by atoms with Crippen molar-refractivity contribution in [3.63, 3.8) is 0 Å². The summed E-state index contributed by atoms with van der Waals surface area (Å²) in [5.74, 6) is 1.96. The monoisotopic (exact) mass is 400 g/mol. The molecule has 0 spiro atoms. The summed E-state index contributed by atoms with van der Waals surface area (Å²) in [4.78, 5) is 18.9. The lowest BCUT2D eigenvalue weighted by molar-refractivity contribution is 0.482. The Morgan fingerprint density at radius 2 is 1.90 bits per heavy atom. The minimum atomic E-state index is 0.478. The molecule has 0 aliphatic rings. The molecule has 0 aliphatic heterocycles. The van der Waals surface area contributed by atoms with Gasteiger partial charge < -0.3 is 14.6 Å². The van der Waals surface area contributed by atoms with Gasteiger partial charge in [0.1, 0.15) is 11.5 Å². The second-order valence-corrected chi connectivity index (χ2v) is 6.67. The second kappa shape index (κ2) is 8.52. The third-order valence-electron chi connectivity index (χ3n) is 4.70. The predicted octanol–water partition coefficient (Wildman–Crippen LogP) is 5.17. The van der Waals surface area contributed by atoms with Gasteiger partial charge in [-0.25, -0.2) is 4.98 Å². The van der Waals surface area contributed by atoms with Crippen LogP contribution in [0, 0.1) is 4.91 Å². The molecule has 1 N–H and O–H groups in total. The molecule has 8 heteroatoms. The van der Waals surface area contributed by atoms with Gasteiger partial charge in [-0.15, -0.1) is 10.0 Å². The van der Waals surface area contributed by atoms with E-state index in [4.69, 9.17) is 9.72 Å². The van der Waals surface area contributed by atoms with Gasteiger partial charge in [-0.3, -0.25) is 4.98 Å². The molecular formula is C22H20N6O2. The molecule has 0 fully saturated rings. The first kappa shape index (κ1) is 19.3. The molecule has 0 bridgehead atoms. The number of aromatic nitrogens is 3. The zero-order valence-corrected chi connectivity index (χ0v) is 16.6. The highest BCUT2D eigenvalue weighted by molar-refractivity contribution is 5.81. The van der Waals surface area contributed by atoms with Gasteiger partial charge in [-0.1, -0.05) is 19.1 Å². The number of ether oxygens (including phenoxy) is 1. The van der Waals surface area contributed by atoms with E-state index in [0.29, 0.717) is 17.2 Å². The molecule has 2 aromatic carbocycles. The van der Waals surface area contributed by atoms with Gasteiger partial charge in [0.05, 0.1) is 28.2 Å². The Morgan fingerprint density at radius 3 is 2.67 bits per heavy atom. The van der Waals surface area contributed by atoms with Crippen LogP contribution in [-0.4, -0.2) is 20.7 Å². The fourth-order valence-corrected chi connectivity index (χ4v) is 3.09. The summed E-state index contributed by atoms with van der Waals surface area (Å²) in [5.41, 5.74) is 4.54. The van der Waals surface area contributed by atoms with Crippen molar-refractivity contribution >= 4 is 28.9 Å². The Balaban J connectivity index is 1.57. The number of hydrogen-bond donors (Lipinski definition) is 1. The van der Waals surface area contributed by atoms with Crippen molar-refractivity contribution in [3.05, 3.63) is 77.0 Å². The SMILES string of the molecule is CCc1ccc(Nc2nc3cc(Oc4ccnc(/C=N\N=O)c4)ccc3n2C)cc1. The Morgan fingerprint density at radius 1 is 1.10 bits per heavy atom. The summed E-state index contributed by atoms with van der Waals surface area (Å²) in [6, 6.07) is 17.4. The van der Waals surface area contributed by atoms with Crippen LogP contribution in [0.25, 0.3) is 11.0 Å². The molecule has 30 heavy (non-hydrogen) atoms. The van der Waals surface area contributed by atoms with Crippen LogP contribution in [0.3, 0.4) is 0 Å². The summed E-state index contributed by atoms with van der Waals surface area (Å²) < 4.78 is 7.92. The Kier molecular flexibility index (Phi) is 5.47. The topological polar surface area (TPSA) is 93.8 Å². The number of rotatable bonds is 7. The van der Waals surface area contributed by atoms with Crippen LogP contribution >= 0.6 is 0 Å². The number of nitrogens with one attached hydrogen (secondary N) is 1. The normalized spacial score (nSPS) is 11.1. The Labute approximate surface area is 173 Å². The van der Waals surface area contributed by atoms with Crippen molar-refractivity contribution in [3.8, 4) is 11.5 Å². The van der Waals surface area contributed by atoms with E-state index in [1.54, 1.807) is 18.3 Å². The molecule has 0 atom stereocenters. The number of benzene rings is 2. The highest BCUT2D eigenvalue weighted by atomic mass is 16.5. The highest BCUT2D eigenvalue weighted by Gasteiger charge is 2.10. The molecule has 150 valence electrons. The van der Waals surface area contributed by atoms with Crippen molar-refractivity contribution in [1.82, 2.24) is 14.5 Å². The van der Waals surface area contributed by atoms with E-state index in [1.807, 2.05) is 29.8 Å². The van der Waals surface area contributed by atoms with Gasteiger partial charge in [0.15, 0.2) is 0 Å². The molecule has 0 aliphatic carbocycles. The zero-order chi connectivity index (χ0) is 20.9. The smallest absolute Gasteiger partial charge is 0.208 e. The average molecular weight is 400 g/mol. The Hall–Kier alpha value is -4.07. The number of aryl methyl sites for hydroxylation is 2. The molecule has 0 unspecified atom stereocenters. The quantitative estimate of drug-likeness (QED) is 0.262.